The number of aryl methyl sites for hydroxylation is 2. The van der Waals surface area contributed by atoms with Crippen molar-refractivity contribution in [3.05, 3.63) is 17.0 Å². The van der Waals surface area contributed by atoms with Crippen molar-refractivity contribution >= 4 is 29.9 Å². The van der Waals surface area contributed by atoms with Crippen LogP contribution in [0.2, 0.25) is 0 Å². The molecule has 1 fully saturated rings. The van der Waals surface area contributed by atoms with E-state index < -0.39 is 0 Å². The molecule has 1 heterocycles. The van der Waals surface area contributed by atoms with E-state index in [1.165, 1.54) is 17.7 Å². The fraction of sp³-hybridized carbons (Fsp3) is 0.714. The second-order valence-electron chi connectivity index (χ2n) is 5.43. The van der Waals surface area contributed by atoms with Crippen LogP contribution in [0.3, 0.4) is 0 Å². The molecule has 1 aromatic rings. The molecule has 1 aliphatic carbocycles. The highest BCUT2D eigenvalue weighted by atomic mass is 127. The van der Waals surface area contributed by atoms with Crippen LogP contribution in [0.4, 0.5) is 0 Å². The Morgan fingerprint density at radius 2 is 2.10 bits per heavy atom. The lowest BCUT2D eigenvalue weighted by Crippen LogP contribution is -2.39. The summed E-state index contributed by atoms with van der Waals surface area (Å²) in [5, 5.41) is 11.2. The predicted octanol–water partition coefficient (Wildman–Crippen LogP) is 2.12. The van der Waals surface area contributed by atoms with E-state index in [2.05, 4.69) is 41.5 Å². The number of rotatable bonds is 4. The maximum atomic E-state index is 4.67. The van der Waals surface area contributed by atoms with Gasteiger partial charge >= 0.3 is 0 Å². The molecule has 2 rings (SSSR count). The van der Waals surface area contributed by atoms with E-state index in [4.69, 9.17) is 0 Å². The summed E-state index contributed by atoms with van der Waals surface area (Å²) >= 11 is 0. The second kappa shape index (κ2) is 7.28. The molecule has 2 N–H and O–H groups in total. The van der Waals surface area contributed by atoms with Gasteiger partial charge in [-0.3, -0.25) is 4.68 Å². The molecule has 1 aliphatic rings. The minimum absolute atomic E-state index is 0. The first-order valence-corrected chi connectivity index (χ1v) is 7.06. The number of nitrogens with one attached hydrogen (secondary N) is 2. The maximum absolute atomic E-state index is 4.67. The molecule has 0 amide bonds. The van der Waals surface area contributed by atoms with Gasteiger partial charge in [-0.15, -0.1) is 24.0 Å². The van der Waals surface area contributed by atoms with Crippen molar-refractivity contribution in [3.8, 4) is 0 Å². The van der Waals surface area contributed by atoms with Gasteiger partial charge in [0.15, 0.2) is 5.96 Å². The lowest BCUT2D eigenvalue weighted by molar-refractivity contribution is 0.729. The minimum atomic E-state index is 0. The van der Waals surface area contributed by atoms with E-state index in [9.17, 15) is 0 Å². The highest BCUT2D eigenvalue weighted by Gasteiger charge is 2.33. The van der Waals surface area contributed by atoms with Crippen LogP contribution in [0.25, 0.3) is 0 Å². The first kappa shape index (κ1) is 17.3. The van der Waals surface area contributed by atoms with Crippen LogP contribution in [0.1, 0.15) is 37.2 Å². The van der Waals surface area contributed by atoms with Gasteiger partial charge in [-0.1, -0.05) is 6.92 Å². The molecule has 0 bridgehead atoms. The normalized spacial score (nSPS) is 21.4. The van der Waals surface area contributed by atoms with Gasteiger partial charge in [0.1, 0.15) is 0 Å². The SMILES string of the molecule is CCNC(=NCc1c(C)nn(C)c1C)NC1CC1C.I. The summed E-state index contributed by atoms with van der Waals surface area (Å²) in [6.45, 7) is 10.1. The van der Waals surface area contributed by atoms with Crippen LogP contribution in [0.15, 0.2) is 4.99 Å². The Kier molecular flexibility index (Phi) is 6.29. The first-order valence-electron chi connectivity index (χ1n) is 7.06. The zero-order chi connectivity index (χ0) is 14.0. The monoisotopic (exact) mass is 391 g/mol. The Morgan fingerprint density at radius 3 is 2.55 bits per heavy atom. The third kappa shape index (κ3) is 4.10. The van der Waals surface area contributed by atoms with Crippen LogP contribution < -0.4 is 10.6 Å². The number of hydrogen-bond donors (Lipinski definition) is 2. The van der Waals surface area contributed by atoms with E-state index in [1.54, 1.807) is 0 Å². The quantitative estimate of drug-likeness (QED) is 0.470. The molecule has 6 heteroatoms. The molecule has 1 saturated carbocycles. The molecule has 0 aliphatic heterocycles. The van der Waals surface area contributed by atoms with Gasteiger partial charge in [0.25, 0.3) is 0 Å². The Bertz CT molecular complexity index is 480. The zero-order valence-electron chi connectivity index (χ0n) is 13.0. The third-order valence-corrected chi connectivity index (χ3v) is 3.83. The van der Waals surface area contributed by atoms with E-state index >= 15 is 0 Å². The topological polar surface area (TPSA) is 54.2 Å². The summed E-state index contributed by atoms with van der Waals surface area (Å²) in [6, 6.07) is 0.592. The molecule has 1 aromatic heterocycles. The lowest BCUT2D eigenvalue weighted by atomic mass is 10.2. The predicted molar refractivity (Wildman–Crippen MR) is 93.6 cm³/mol. The van der Waals surface area contributed by atoms with E-state index in [0.717, 1.165) is 24.1 Å². The van der Waals surface area contributed by atoms with Crippen molar-refractivity contribution in [2.45, 2.75) is 46.7 Å². The number of guanidine groups is 1. The fourth-order valence-electron chi connectivity index (χ4n) is 2.22. The summed E-state index contributed by atoms with van der Waals surface area (Å²) < 4.78 is 1.92. The number of hydrogen-bond acceptors (Lipinski definition) is 2. The number of aromatic nitrogens is 2. The summed E-state index contributed by atoms with van der Waals surface area (Å²) in [4.78, 5) is 4.67. The summed E-state index contributed by atoms with van der Waals surface area (Å²) in [6.07, 6.45) is 1.25. The van der Waals surface area contributed by atoms with Gasteiger partial charge in [0, 0.05) is 30.9 Å². The van der Waals surface area contributed by atoms with E-state index in [1.807, 2.05) is 18.7 Å². The van der Waals surface area contributed by atoms with E-state index in [-0.39, 0.29) is 24.0 Å². The van der Waals surface area contributed by atoms with Crippen molar-refractivity contribution in [1.82, 2.24) is 20.4 Å². The van der Waals surface area contributed by atoms with Crippen LogP contribution >= 0.6 is 24.0 Å². The van der Waals surface area contributed by atoms with E-state index in [0.29, 0.717) is 12.6 Å². The van der Waals surface area contributed by atoms with Gasteiger partial charge in [-0.05, 0) is 33.1 Å². The summed E-state index contributed by atoms with van der Waals surface area (Å²) in [5.74, 6) is 1.69. The molecule has 0 spiro atoms. The molecule has 2 atom stereocenters. The Labute approximate surface area is 138 Å². The Balaban J connectivity index is 0.00000200. The van der Waals surface area contributed by atoms with Crippen LogP contribution in [-0.2, 0) is 13.6 Å². The maximum Gasteiger partial charge on any atom is 0.191 e. The zero-order valence-corrected chi connectivity index (χ0v) is 15.4. The first-order chi connectivity index (χ1) is 9.02. The molecular formula is C14H26IN5. The third-order valence-electron chi connectivity index (χ3n) is 3.83. The van der Waals surface area contributed by atoms with Crippen molar-refractivity contribution in [3.63, 3.8) is 0 Å². The van der Waals surface area contributed by atoms with Gasteiger partial charge < -0.3 is 10.6 Å². The second-order valence-corrected chi connectivity index (χ2v) is 5.43. The number of aliphatic imine (C=N–C) groups is 1. The molecule has 114 valence electrons. The summed E-state index contributed by atoms with van der Waals surface area (Å²) in [7, 11) is 1.98. The van der Waals surface area contributed by atoms with Crippen LogP contribution in [-0.4, -0.2) is 28.3 Å². The standard InChI is InChI=1S/C14H25N5.HI/c1-6-15-14(17-13-7-9(13)2)16-8-12-10(3)18-19(5)11(12)4;/h9,13H,6-8H2,1-5H3,(H2,15,16,17);1H. The molecule has 0 radical (unpaired) electrons. The molecular weight excluding hydrogens is 365 g/mol. The van der Waals surface area contributed by atoms with Gasteiger partial charge in [0.2, 0.25) is 0 Å². The highest BCUT2D eigenvalue weighted by molar-refractivity contribution is 14.0. The number of halogens is 1. The van der Waals surface area contributed by atoms with Gasteiger partial charge in [-0.25, -0.2) is 4.99 Å². The number of nitrogens with zero attached hydrogens (tertiary/aromatic N) is 3. The van der Waals surface area contributed by atoms with Crippen LogP contribution in [0.5, 0.6) is 0 Å². The minimum Gasteiger partial charge on any atom is -0.357 e. The van der Waals surface area contributed by atoms with Gasteiger partial charge in [0.05, 0.1) is 12.2 Å². The van der Waals surface area contributed by atoms with Gasteiger partial charge in [-0.2, -0.15) is 5.10 Å². The molecule has 2 unspecified atom stereocenters. The Morgan fingerprint density at radius 1 is 1.45 bits per heavy atom. The van der Waals surface area contributed by atoms with Crippen molar-refractivity contribution < 1.29 is 0 Å². The summed E-state index contributed by atoms with van der Waals surface area (Å²) in [5.41, 5.74) is 3.49. The van der Waals surface area contributed by atoms with Crippen molar-refractivity contribution in [2.75, 3.05) is 6.54 Å². The molecule has 0 aromatic carbocycles. The van der Waals surface area contributed by atoms with Crippen LogP contribution in [0, 0.1) is 19.8 Å². The molecule has 5 nitrogen and oxygen atoms in total. The van der Waals surface area contributed by atoms with Crippen molar-refractivity contribution in [1.29, 1.82) is 0 Å². The highest BCUT2D eigenvalue weighted by Crippen LogP contribution is 2.28. The lowest BCUT2D eigenvalue weighted by Gasteiger charge is -2.10. The molecule has 0 saturated heterocycles. The van der Waals surface area contributed by atoms with Crippen molar-refractivity contribution in [2.24, 2.45) is 18.0 Å². The fourth-order valence-corrected chi connectivity index (χ4v) is 2.22. The Hall–Kier alpha value is -0.790. The largest absolute Gasteiger partial charge is 0.357 e. The average Bonchev–Trinajstić information content (AvgIpc) is 2.98. The smallest absolute Gasteiger partial charge is 0.191 e. The molecule has 20 heavy (non-hydrogen) atoms. The average molecular weight is 391 g/mol.